The maximum absolute atomic E-state index is 6.20. The van der Waals surface area contributed by atoms with Crippen LogP contribution in [0.5, 0.6) is 0 Å². The molecule has 3 nitrogen and oxygen atoms in total. The van der Waals surface area contributed by atoms with Crippen LogP contribution < -0.4 is 0 Å². The molecule has 0 unspecified atom stereocenters. The summed E-state index contributed by atoms with van der Waals surface area (Å²) in [6.45, 7) is 13.7. The van der Waals surface area contributed by atoms with E-state index in [0.29, 0.717) is 16.8 Å². The third kappa shape index (κ3) is 6.09. The van der Waals surface area contributed by atoms with E-state index in [1.165, 1.54) is 45.4 Å². The second kappa shape index (κ2) is 7.67. The Morgan fingerprint density at radius 2 is 1.86 bits per heavy atom. The van der Waals surface area contributed by atoms with Crippen LogP contribution >= 0.6 is 12.6 Å². The van der Waals surface area contributed by atoms with Crippen LogP contribution in [0.3, 0.4) is 0 Å². The average Bonchev–Trinajstić information content (AvgIpc) is 2.37. The first-order valence-corrected chi connectivity index (χ1v) is 9.06. The van der Waals surface area contributed by atoms with E-state index in [4.69, 9.17) is 17.4 Å². The zero-order valence-corrected chi connectivity index (χ0v) is 15.2. The van der Waals surface area contributed by atoms with Crippen molar-refractivity contribution in [3.63, 3.8) is 0 Å². The van der Waals surface area contributed by atoms with Gasteiger partial charge in [0.2, 0.25) is 0 Å². The van der Waals surface area contributed by atoms with E-state index in [1.807, 2.05) is 0 Å². The summed E-state index contributed by atoms with van der Waals surface area (Å²) >= 11 is 4.75. The fourth-order valence-corrected chi connectivity index (χ4v) is 4.33. The summed E-state index contributed by atoms with van der Waals surface area (Å²) in [7, 11) is 2.20. The second-order valence-electron chi connectivity index (χ2n) is 8.13. The molecule has 0 aromatic rings. The minimum absolute atomic E-state index is 0.341. The first-order chi connectivity index (χ1) is 9.84. The largest absolute Gasteiger partial charge is 0.377 e. The maximum atomic E-state index is 6.20. The van der Waals surface area contributed by atoms with Crippen LogP contribution in [0.4, 0.5) is 0 Å². The third-order valence-corrected chi connectivity index (χ3v) is 5.25. The van der Waals surface area contributed by atoms with Crippen LogP contribution in [0.1, 0.15) is 40.0 Å². The van der Waals surface area contributed by atoms with Crippen LogP contribution in [0.25, 0.3) is 0 Å². The third-order valence-electron chi connectivity index (χ3n) is 4.94. The van der Waals surface area contributed by atoms with Crippen molar-refractivity contribution >= 4 is 12.6 Å². The normalized spacial score (nSPS) is 33.0. The summed E-state index contributed by atoms with van der Waals surface area (Å²) in [4.78, 5) is 4.92. The molecule has 1 saturated carbocycles. The number of likely N-dealkylation sites (N-methyl/N-ethyl adjacent to an activating group) is 1. The predicted octanol–water partition coefficient (Wildman–Crippen LogP) is 2.76. The number of hydrogen-bond acceptors (Lipinski definition) is 4. The summed E-state index contributed by atoms with van der Waals surface area (Å²) in [5.74, 6) is 0.787. The van der Waals surface area contributed by atoms with E-state index in [-0.39, 0.29) is 0 Å². The highest BCUT2D eigenvalue weighted by Crippen LogP contribution is 2.39. The highest BCUT2D eigenvalue weighted by atomic mass is 32.1. The highest BCUT2D eigenvalue weighted by Gasteiger charge is 2.32. The van der Waals surface area contributed by atoms with Crippen LogP contribution in [0.2, 0.25) is 0 Å². The van der Waals surface area contributed by atoms with Crippen LogP contribution in [-0.4, -0.2) is 67.5 Å². The molecule has 1 heterocycles. The van der Waals surface area contributed by atoms with Gasteiger partial charge in [-0.25, -0.2) is 0 Å². The number of nitrogens with zero attached hydrogens (tertiary/aromatic N) is 2. The van der Waals surface area contributed by atoms with Crippen molar-refractivity contribution < 1.29 is 4.74 Å². The predicted molar refractivity (Wildman–Crippen MR) is 93.2 cm³/mol. The van der Waals surface area contributed by atoms with Gasteiger partial charge in [-0.15, -0.1) is 0 Å². The van der Waals surface area contributed by atoms with Gasteiger partial charge in [-0.1, -0.05) is 20.8 Å². The summed E-state index contributed by atoms with van der Waals surface area (Å²) < 4.78 is 6.20. The van der Waals surface area contributed by atoms with Crippen molar-refractivity contribution in [2.24, 2.45) is 11.3 Å². The maximum Gasteiger partial charge on any atom is 0.0598 e. The van der Waals surface area contributed by atoms with Gasteiger partial charge < -0.3 is 9.64 Å². The van der Waals surface area contributed by atoms with Gasteiger partial charge in [0.05, 0.1) is 12.7 Å². The van der Waals surface area contributed by atoms with Crippen molar-refractivity contribution in [2.45, 2.75) is 51.4 Å². The van der Waals surface area contributed by atoms with Gasteiger partial charge in [-0.05, 0) is 37.6 Å². The van der Waals surface area contributed by atoms with E-state index in [2.05, 4.69) is 37.6 Å². The lowest BCUT2D eigenvalue weighted by molar-refractivity contribution is -0.0242. The Bertz CT molecular complexity index is 316. The Morgan fingerprint density at radius 1 is 1.19 bits per heavy atom. The van der Waals surface area contributed by atoms with Crippen molar-refractivity contribution in [1.29, 1.82) is 0 Å². The lowest BCUT2D eigenvalue weighted by Crippen LogP contribution is -2.47. The molecule has 2 rings (SSSR count). The minimum atomic E-state index is 0.341. The first-order valence-electron chi connectivity index (χ1n) is 8.54. The molecule has 0 bridgehead atoms. The van der Waals surface area contributed by atoms with Gasteiger partial charge in [0, 0.05) is 38.0 Å². The van der Waals surface area contributed by atoms with Crippen LogP contribution in [-0.2, 0) is 4.74 Å². The molecule has 2 aliphatic rings. The van der Waals surface area contributed by atoms with Gasteiger partial charge in [-0.2, -0.15) is 12.6 Å². The molecule has 21 heavy (non-hydrogen) atoms. The van der Waals surface area contributed by atoms with E-state index in [1.54, 1.807) is 0 Å². The molecule has 1 saturated heterocycles. The lowest BCUT2D eigenvalue weighted by Gasteiger charge is -2.39. The SMILES string of the molecule is C[C@@H]1C[C@@H](OC[C@@H](S)CN2CCN(C)CC2)CC(C)(C)C1. The monoisotopic (exact) mass is 314 g/mol. The molecule has 0 spiro atoms. The average molecular weight is 315 g/mol. The number of piperazine rings is 1. The zero-order valence-electron chi connectivity index (χ0n) is 14.3. The molecular weight excluding hydrogens is 280 g/mol. The molecule has 0 amide bonds. The fourth-order valence-electron chi connectivity index (χ4n) is 4.01. The minimum Gasteiger partial charge on any atom is -0.377 e. The van der Waals surface area contributed by atoms with Crippen LogP contribution in [0.15, 0.2) is 0 Å². The molecule has 1 aliphatic heterocycles. The summed E-state index contributed by atoms with van der Waals surface area (Å²) in [6, 6.07) is 0. The Morgan fingerprint density at radius 3 is 2.48 bits per heavy atom. The molecule has 0 radical (unpaired) electrons. The number of hydrogen-bond donors (Lipinski definition) is 1. The topological polar surface area (TPSA) is 15.7 Å². The molecule has 1 aliphatic carbocycles. The molecule has 3 atom stereocenters. The molecule has 4 heteroatoms. The van der Waals surface area contributed by atoms with Crippen molar-refractivity contribution in [3.05, 3.63) is 0 Å². The summed E-state index contributed by atoms with van der Waals surface area (Å²) in [5.41, 5.74) is 0.436. The van der Waals surface area contributed by atoms with E-state index < -0.39 is 0 Å². The second-order valence-corrected chi connectivity index (χ2v) is 8.86. The number of ether oxygens (including phenoxy) is 1. The fraction of sp³-hybridized carbons (Fsp3) is 1.00. The van der Waals surface area contributed by atoms with Gasteiger partial charge in [0.1, 0.15) is 0 Å². The first kappa shape index (κ1) is 17.6. The molecular formula is C17H34N2OS. The van der Waals surface area contributed by atoms with Gasteiger partial charge in [0.25, 0.3) is 0 Å². The van der Waals surface area contributed by atoms with Gasteiger partial charge >= 0.3 is 0 Å². The highest BCUT2D eigenvalue weighted by molar-refractivity contribution is 7.81. The molecule has 2 fully saturated rings. The van der Waals surface area contributed by atoms with Crippen LogP contribution in [0, 0.1) is 11.3 Å². The standard InChI is InChI=1S/C17H34N2OS/c1-14-9-15(11-17(2,3)10-14)20-13-16(21)12-19-7-5-18(4)6-8-19/h14-16,21H,5-13H2,1-4H3/t14-,15-,16+/m1/s1. The molecule has 0 N–H and O–H groups in total. The van der Waals surface area contributed by atoms with E-state index in [0.717, 1.165) is 19.1 Å². The van der Waals surface area contributed by atoms with Gasteiger partial charge in [0.15, 0.2) is 0 Å². The Labute approximate surface area is 136 Å². The summed E-state index contributed by atoms with van der Waals surface area (Å²) in [6.07, 6.45) is 4.19. The Kier molecular flexibility index (Phi) is 6.42. The summed E-state index contributed by atoms with van der Waals surface area (Å²) in [5, 5.41) is 0.341. The van der Waals surface area contributed by atoms with Crippen molar-refractivity contribution in [1.82, 2.24) is 9.80 Å². The Balaban J connectivity index is 1.67. The molecule has 0 aromatic heterocycles. The lowest BCUT2D eigenvalue weighted by atomic mass is 9.71. The van der Waals surface area contributed by atoms with E-state index in [9.17, 15) is 0 Å². The number of rotatable bonds is 5. The quantitative estimate of drug-likeness (QED) is 0.786. The zero-order chi connectivity index (χ0) is 15.5. The van der Waals surface area contributed by atoms with Crippen molar-refractivity contribution in [2.75, 3.05) is 46.4 Å². The van der Waals surface area contributed by atoms with Crippen molar-refractivity contribution in [3.8, 4) is 0 Å². The van der Waals surface area contributed by atoms with E-state index >= 15 is 0 Å². The number of thiol groups is 1. The van der Waals surface area contributed by atoms with Gasteiger partial charge in [-0.3, -0.25) is 4.90 Å². The Hall–Kier alpha value is 0.230. The molecule has 124 valence electrons. The molecule has 0 aromatic carbocycles. The smallest absolute Gasteiger partial charge is 0.0598 e.